The average molecular weight is 439 g/mol. The second-order valence-corrected chi connectivity index (χ2v) is 8.48. The molecule has 2 fully saturated rings. The Morgan fingerprint density at radius 2 is 1.78 bits per heavy atom. The lowest BCUT2D eigenvalue weighted by Crippen LogP contribution is -2.74. The number of benzene rings is 2. The van der Waals surface area contributed by atoms with Crippen LogP contribution in [0.4, 0.5) is 0 Å². The molecule has 1 amide bonds. The lowest BCUT2D eigenvalue weighted by atomic mass is 9.70. The molecule has 32 heavy (non-hydrogen) atoms. The number of carboxylic acid groups (broad SMARTS) is 1. The monoisotopic (exact) mass is 438 g/mol. The predicted molar refractivity (Wildman–Crippen MR) is 119 cm³/mol. The summed E-state index contributed by atoms with van der Waals surface area (Å²) in [6.07, 6.45) is 0.290. The van der Waals surface area contributed by atoms with Crippen LogP contribution >= 0.6 is 0 Å². The molecule has 2 heterocycles. The Bertz CT molecular complexity index is 927. The zero-order valence-electron chi connectivity index (χ0n) is 18.4. The molecular weight excluding hydrogens is 408 g/mol. The van der Waals surface area contributed by atoms with Crippen molar-refractivity contribution in [2.75, 3.05) is 39.5 Å². The topological polar surface area (TPSA) is 79.3 Å². The molecule has 0 unspecified atom stereocenters. The van der Waals surface area contributed by atoms with Crippen molar-refractivity contribution < 1.29 is 24.2 Å². The third-order valence-electron chi connectivity index (χ3n) is 6.57. The molecule has 4 rings (SSSR count). The molecular formula is C25H30N2O5. The van der Waals surface area contributed by atoms with Crippen LogP contribution in [-0.2, 0) is 27.3 Å². The van der Waals surface area contributed by atoms with Gasteiger partial charge in [0.1, 0.15) is 12.4 Å². The first kappa shape index (κ1) is 22.3. The fourth-order valence-electron chi connectivity index (χ4n) is 4.54. The van der Waals surface area contributed by atoms with E-state index in [2.05, 4.69) is 4.90 Å². The molecule has 170 valence electrons. The second-order valence-electron chi connectivity index (χ2n) is 8.48. The summed E-state index contributed by atoms with van der Waals surface area (Å²) in [6, 6.07) is 17.0. The van der Waals surface area contributed by atoms with Crippen molar-refractivity contribution in [3.8, 4) is 5.75 Å². The van der Waals surface area contributed by atoms with E-state index < -0.39 is 17.4 Å². The van der Waals surface area contributed by atoms with E-state index in [0.29, 0.717) is 13.0 Å². The van der Waals surface area contributed by atoms with Crippen LogP contribution in [-0.4, -0.2) is 71.8 Å². The molecule has 2 aliphatic rings. The number of morpholine rings is 1. The van der Waals surface area contributed by atoms with E-state index in [0.717, 1.165) is 49.7 Å². The maximum absolute atomic E-state index is 12.7. The van der Waals surface area contributed by atoms with Crippen LogP contribution in [0.5, 0.6) is 5.75 Å². The smallest absolute Gasteiger partial charge is 0.330 e. The Kier molecular flexibility index (Phi) is 6.77. The normalized spacial score (nSPS) is 23.6. The summed E-state index contributed by atoms with van der Waals surface area (Å²) in [6.45, 7) is 6.82. The molecule has 0 radical (unpaired) electrons. The van der Waals surface area contributed by atoms with Gasteiger partial charge in [0.25, 0.3) is 0 Å². The number of rotatable bonds is 9. The molecule has 1 N–H and O–H groups in total. The van der Waals surface area contributed by atoms with Crippen molar-refractivity contribution in [2.45, 2.75) is 25.4 Å². The largest absolute Gasteiger partial charge is 0.492 e. The maximum Gasteiger partial charge on any atom is 0.330 e. The number of carbonyl (C=O) groups is 2. The molecule has 2 saturated heterocycles. The molecule has 2 aromatic rings. The summed E-state index contributed by atoms with van der Waals surface area (Å²) >= 11 is 0. The number of ether oxygens (including phenoxy) is 2. The number of hydrogen-bond acceptors (Lipinski definition) is 5. The number of amides is 1. The van der Waals surface area contributed by atoms with Gasteiger partial charge in [-0.25, -0.2) is 4.79 Å². The van der Waals surface area contributed by atoms with Crippen molar-refractivity contribution in [3.63, 3.8) is 0 Å². The third-order valence-corrected chi connectivity index (χ3v) is 6.57. The van der Waals surface area contributed by atoms with Crippen molar-refractivity contribution in [2.24, 2.45) is 5.92 Å². The number of nitrogens with zero attached hydrogens (tertiary/aromatic N) is 2. The highest BCUT2D eigenvalue weighted by atomic mass is 16.5. The minimum atomic E-state index is -1.23. The molecule has 2 atom stereocenters. The van der Waals surface area contributed by atoms with Crippen LogP contribution in [0, 0.1) is 5.92 Å². The molecule has 0 aromatic heterocycles. The van der Waals surface area contributed by atoms with Crippen LogP contribution < -0.4 is 4.74 Å². The standard InChI is InChI=1S/C25H30N2O5/c1-19-23(28)27(25(19,24(29)30)17-20-5-3-2-4-6-20)18-21-7-9-22(10-8-21)32-16-13-26-11-14-31-15-12-26/h2-10,19H,11-18H2,1H3,(H,29,30)/t19-,25+/m1/s1. The van der Waals surface area contributed by atoms with Crippen LogP contribution in [0.25, 0.3) is 0 Å². The minimum absolute atomic E-state index is 0.130. The molecule has 2 aromatic carbocycles. The first-order chi connectivity index (χ1) is 15.5. The van der Waals surface area contributed by atoms with Crippen LogP contribution in [0.2, 0.25) is 0 Å². The predicted octanol–water partition coefficient (Wildman–Crippen LogP) is 2.44. The third kappa shape index (κ3) is 4.49. The maximum atomic E-state index is 12.7. The quantitative estimate of drug-likeness (QED) is 0.606. The van der Waals surface area contributed by atoms with Gasteiger partial charge in [0.2, 0.25) is 5.91 Å². The minimum Gasteiger partial charge on any atom is -0.492 e. The first-order valence-electron chi connectivity index (χ1n) is 11.1. The fourth-order valence-corrected chi connectivity index (χ4v) is 4.54. The first-order valence-corrected chi connectivity index (χ1v) is 11.1. The van der Waals surface area contributed by atoms with Gasteiger partial charge in [0.05, 0.1) is 19.1 Å². The number of likely N-dealkylation sites (tertiary alicyclic amines) is 1. The summed E-state index contributed by atoms with van der Waals surface area (Å²) in [5.74, 6) is -0.896. The Balaban J connectivity index is 1.39. The fraction of sp³-hybridized carbons (Fsp3) is 0.440. The van der Waals surface area contributed by atoms with Crippen LogP contribution in [0.15, 0.2) is 54.6 Å². The zero-order chi connectivity index (χ0) is 22.6. The van der Waals surface area contributed by atoms with E-state index in [1.807, 2.05) is 54.6 Å². The van der Waals surface area contributed by atoms with Gasteiger partial charge in [-0.2, -0.15) is 0 Å². The van der Waals surface area contributed by atoms with Gasteiger partial charge in [-0.15, -0.1) is 0 Å². The van der Waals surface area contributed by atoms with Gasteiger partial charge < -0.3 is 19.5 Å². The van der Waals surface area contributed by atoms with E-state index >= 15 is 0 Å². The van der Waals surface area contributed by atoms with Crippen molar-refractivity contribution in [1.82, 2.24) is 9.80 Å². The number of hydrogen-bond donors (Lipinski definition) is 1. The zero-order valence-corrected chi connectivity index (χ0v) is 18.4. The summed E-state index contributed by atoms with van der Waals surface area (Å²) in [4.78, 5) is 28.8. The lowest BCUT2D eigenvalue weighted by molar-refractivity contribution is -0.188. The molecule has 2 aliphatic heterocycles. The number of β-lactam (4-membered cyclic amide) rings is 1. The van der Waals surface area contributed by atoms with E-state index in [-0.39, 0.29) is 12.5 Å². The van der Waals surface area contributed by atoms with Crippen LogP contribution in [0.1, 0.15) is 18.1 Å². The van der Waals surface area contributed by atoms with E-state index in [4.69, 9.17) is 9.47 Å². The summed E-state index contributed by atoms with van der Waals surface area (Å²) in [5.41, 5.74) is 0.555. The Labute approximate surface area is 188 Å². The molecule has 0 spiro atoms. The number of aliphatic carboxylic acids is 1. The number of carboxylic acids is 1. The van der Waals surface area contributed by atoms with Crippen molar-refractivity contribution >= 4 is 11.9 Å². The molecule has 7 heteroatoms. The van der Waals surface area contributed by atoms with Gasteiger partial charge in [-0.3, -0.25) is 9.69 Å². The summed E-state index contributed by atoms with van der Waals surface area (Å²) < 4.78 is 11.2. The van der Waals surface area contributed by atoms with Gasteiger partial charge in [-0.1, -0.05) is 49.4 Å². The van der Waals surface area contributed by atoms with Gasteiger partial charge in [-0.05, 0) is 23.3 Å². The second kappa shape index (κ2) is 9.71. The van der Waals surface area contributed by atoms with Crippen molar-refractivity contribution in [1.29, 1.82) is 0 Å². The summed E-state index contributed by atoms with van der Waals surface area (Å²) in [5, 5.41) is 10.1. The highest BCUT2D eigenvalue weighted by Gasteiger charge is 2.62. The molecule has 0 aliphatic carbocycles. The average Bonchev–Trinajstić information content (AvgIpc) is 2.83. The molecule has 0 bridgehead atoms. The van der Waals surface area contributed by atoms with E-state index in [1.54, 1.807) is 6.92 Å². The van der Waals surface area contributed by atoms with E-state index in [9.17, 15) is 14.7 Å². The molecule has 0 saturated carbocycles. The Morgan fingerprint density at radius 3 is 2.44 bits per heavy atom. The summed E-state index contributed by atoms with van der Waals surface area (Å²) in [7, 11) is 0. The SMILES string of the molecule is C[C@@H]1C(=O)N(Cc2ccc(OCCN3CCOCC3)cc2)[C@]1(Cc1ccccc1)C(=O)O. The van der Waals surface area contributed by atoms with Gasteiger partial charge >= 0.3 is 5.97 Å². The highest BCUT2D eigenvalue weighted by molar-refractivity contribution is 6.00. The van der Waals surface area contributed by atoms with E-state index in [1.165, 1.54) is 4.90 Å². The Morgan fingerprint density at radius 1 is 1.09 bits per heavy atom. The van der Waals surface area contributed by atoms with Gasteiger partial charge in [0, 0.05) is 32.6 Å². The molecule has 7 nitrogen and oxygen atoms in total. The van der Waals surface area contributed by atoms with Crippen molar-refractivity contribution in [3.05, 3.63) is 65.7 Å². The van der Waals surface area contributed by atoms with Crippen LogP contribution in [0.3, 0.4) is 0 Å². The van der Waals surface area contributed by atoms with Gasteiger partial charge in [0.15, 0.2) is 5.54 Å². The number of carbonyl (C=O) groups excluding carboxylic acids is 1. The Hall–Kier alpha value is -2.90. The lowest BCUT2D eigenvalue weighted by Gasteiger charge is -2.54. The highest BCUT2D eigenvalue weighted by Crippen LogP contribution is 2.42.